The van der Waals surface area contributed by atoms with Crippen LogP contribution < -0.4 is 10.6 Å². The van der Waals surface area contributed by atoms with Crippen LogP contribution in [-0.4, -0.2) is 23.1 Å². The van der Waals surface area contributed by atoms with Gasteiger partial charge in [0.1, 0.15) is 0 Å². The minimum absolute atomic E-state index is 0.466. The average Bonchev–Trinajstić information content (AvgIpc) is 2.39. The van der Waals surface area contributed by atoms with Gasteiger partial charge in [0.05, 0.1) is 5.69 Å². The molecule has 0 amide bonds. The summed E-state index contributed by atoms with van der Waals surface area (Å²) in [7, 11) is 0. The number of rotatable bonds is 3. The molecule has 1 saturated heterocycles. The zero-order valence-corrected chi connectivity index (χ0v) is 10.8. The van der Waals surface area contributed by atoms with Gasteiger partial charge in [0, 0.05) is 32.0 Å². The van der Waals surface area contributed by atoms with Crippen LogP contribution in [0, 0.1) is 11.8 Å². The summed E-state index contributed by atoms with van der Waals surface area (Å²) in [4.78, 5) is 11.1. The number of aromatic nitrogens is 2. The van der Waals surface area contributed by atoms with E-state index in [0.717, 1.165) is 36.4 Å². The van der Waals surface area contributed by atoms with Crippen molar-refractivity contribution in [3.05, 3.63) is 18.1 Å². The lowest BCUT2D eigenvalue weighted by atomic mass is 9.87. The molecule has 1 aromatic rings. The van der Waals surface area contributed by atoms with Crippen molar-refractivity contribution >= 4 is 5.82 Å². The number of nitrogens with zero attached hydrogens (tertiary/aromatic N) is 3. The third-order valence-corrected chi connectivity index (χ3v) is 3.73. The van der Waals surface area contributed by atoms with E-state index < -0.39 is 0 Å². The topological polar surface area (TPSA) is 55.0 Å². The van der Waals surface area contributed by atoms with Crippen molar-refractivity contribution in [2.24, 2.45) is 17.6 Å². The quantitative estimate of drug-likeness (QED) is 0.866. The highest BCUT2D eigenvalue weighted by molar-refractivity contribution is 5.43. The van der Waals surface area contributed by atoms with Crippen molar-refractivity contribution in [3.8, 4) is 0 Å². The molecular formula is C13H22N4. The molecule has 2 heterocycles. The summed E-state index contributed by atoms with van der Waals surface area (Å²) in [5, 5.41) is 0. The molecule has 1 fully saturated rings. The minimum atomic E-state index is 0.466. The van der Waals surface area contributed by atoms with Crippen LogP contribution in [0.5, 0.6) is 0 Å². The normalized spacial score (nSPS) is 17.8. The Bertz CT molecular complexity index is 356. The van der Waals surface area contributed by atoms with E-state index in [-0.39, 0.29) is 0 Å². The van der Waals surface area contributed by atoms with Crippen LogP contribution in [0.2, 0.25) is 0 Å². The Morgan fingerprint density at radius 2 is 1.94 bits per heavy atom. The van der Waals surface area contributed by atoms with Crippen molar-refractivity contribution in [2.75, 3.05) is 18.0 Å². The van der Waals surface area contributed by atoms with Gasteiger partial charge in [-0.15, -0.1) is 0 Å². The fraction of sp³-hybridized carbons (Fsp3) is 0.692. The van der Waals surface area contributed by atoms with Crippen LogP contribution in [0.25, 0.3) is 0 Å². The number of piperidine rings is 1. The molecule has 4 heteroatoms. The second-order valence-corrected chi connectivity index (χ2v) is 5.10. The second kappa shape index (κ2) is 5.45. The van der Waals surface area contributed by atoms with Crippen LogP contribution in [-0.2, 0) is 6.54 Å². The van der Waals surface area contributed by atoms with Gasteiger partial charge in [0.15, 0.2) is 5.82 Å². The largest absolute Gasteiger partial charge is 0.355 e. The maximum atomic E-state index is 5.70. The highest BCUT2D eigenvalue weighted by atomic mass is 15.2. The van der Waals surface area contributed by atoms with Crippen LogP contribution >= 0.6 is 0 Å². The Labute approximate surface area is 103 Å². The van der Waals surface area contributed by atoms with Gasteiger partial charge in [0.2, 0.25) is 0 Å². The molecule has 2 N–H and O–H groups in total. The summed E-state index contributed by atoms with van der Waals surface area (Å²) in [5.41, 5.74) is 6.62. The highest BCUT2D eigenvalue weighted by Gasteiger charge is 2.23. The first-order valence-electron chi connectivity index (χ1n) is 6.47. The van der Waals surface area contributed by atoms with E-state index in [1.54, 1.807) is 12.4 Å². The number of hydrogen-bond acceptors (Lipinski definition) is 4. The van der Waals surface area contributed by atoms with Gasteiger partial charge in [-0.05, 0) is 24.7 Å². The van der Waals surface area contributed by atoms with Gasteiger partial charge < -0.3 is 10.6 Å². The number of nitrogens with two attached hydrogens (primary N) is 1. The molecule has 0 saturated carbocycles. The van der Waals surface area contributed by atoms with Crippen molar-refractivity contribution < 1.29 is 0 Å². The zero-order valence-electron chi connectivity index (χ0n) is 10.8. The summed E-state index contributed by atoms with van der Waals surface area (Å²) in [5.74, 6) is 2.62. The van der Waals surface area contributed by atoms with E-state index in [0.29, 0.717) is 6.54 Å². The van der Waals surface area contributed by atoms with E-state index in [2.05, 4.69) is 28.7 Å². The maximum Gasteiger partial charge on any atom is 0.151 e. The first-order chi connectivity index (χ1) is 8.22. The molecule has 4 nitrogen and oxygen atoms in total. The molecular weight excluding hydrogens is 212 g/mol. The Hall–Kier alpha value is -1.16. The lowest BCUT2D eigenvalue weighted by Crippen LogP contribution is -2.36. The van der Waals surface area contributed by atoms with Gasteiger partial charge in [-0.2, -0.15) is 0 Å². The highest BCUT2D eigenvalue weighted by Crippen LogP contribution is 2.27. The molecule has 1 aromatic heterocycles. The van der Waals surface area contributed by atoms with Gasteiger partial charge in [-0.25, -0.2) is 4.98 Å². The Morgan fingerprint density at radius 1 is 1.29 bits per heavy atom. The summed E-state index contributed by atoms with van der Waals surface area (Å²) in [6.45, 7) is 7.25. The second-order valence-electron chi connectivity index (χ2n) is 5.10. The first kappa shape index (κ1) is 12.3. The van der Waals surface area contributed by atoms with E-state index in [1.807, 2.05) is 0 Å². The number of hydrogen-bond donors (Lipinski definition) is 1. The SMILES string of the molecule is CC(C)C1CCN(c2nccnc2CN)CC1. The summed E-state index contributed by atoms with van der Waals surface area (Å²) < 4.78 is 0. The van der Waals surface area contributed by atoms with Crippen LogP contribution in [0.3, 0.4) is 0 Å². The molecule has 2 rings (SSSR count). The maximum absolute atomic E-state index is 5.70. The van der Waals surface area contributed by atoms with Gasteiger partial charge in [0.25, 0.3) is 0 Å². The summed E-state index contributed by atoms with van der Waals surface area (Å²) in [6.07, 6.45) is 5.96. The fourth-order valence-corrected chi connectivity index (χ4v) is 2.55. The van der Waals surface area contributed by atoms with Crippen LogP contribution in [0.4, 0.5) is 5.82 Å². The average molecular weight is 234 g/mol. The van der Waals surface area contributed by atoms with Crippen LogP contribution in [0.1, 0.15) is 32.4 Å². The van der Waals surface area contributed by atoms with Gasteiger partial charge >= 0.3 is 0 Å². The molecule has 1 aliphatic heterocycles. The van der Waals surface area contributed by atoms with Crippen molar-refractivity contribution in [1.29, 1.82) is 0 Å². The monoisotopic (exact) mass is 234 g/mol. The predicted octanol–water partition coefficient (Wildman–Crippen LogP) is 1.81. The summed E-state index contributed by atoms with van der Waals surface area (Å²) >= 11 is 0. The van der Waals surface area contributed by atoms with Crippen molar-refractivity contribution in [3.63, 3.8) is 0 Å². The smallest absolute Gasteiger partial charge is 0.151 e. The standard InChI is InChI=1S/C13H22N4/c1-10(2)11-3-7-17(8-4-11)13-12(9-14)15-5-6-16-13/h5-6,10-11H,3-4,7-9,14H2,1-2H3. The Morgan fingerprint density at radius 3 is 2.53 bits per heavy atom. The van der Waals surface area contributed by atoms with E-state index in [1.165, 1.54) is 12.8 Å². The Balaban J connectivity index is 2.05. The third kappa shape index (κ3) is 2.75. The van der Waals surface area contributed by atoms with E-state index in [9.17, 15) is 0 Å². The third-order valence-electron chi connectivity index (χ3n) is 3.73. The predicted molar refractivity (Wildman–Crippen MR) is 69.7 cm³/mol. The van der Waals surface area contributed by atoms with Crippen LogP contribution in [0.15, 0.2) is 12.4 Å². The van der Waals surface area contributed by atoms with Gasteiger partial charge in [-0.3, -0.25) is 4.98 Å². The molecule has 0 aromatic carbocycles. The Kier molecular flexibility index (Phi) is 3.94. The van der Waals surface area contributed by atoms with E-state index >= 15 is 0 Å². The molecule has 0 atom stereocenters. The van der Waals surface area contributed by atoms with E-state index in [4.69, 9.17) is 5.73 Å². The molecule has 17 heavy (non-hydrogen) atoms. The fourth-order valence-electron chi connectivity index (χ4n) is 2.55. The molecule has 0 bridgehead atoms. The lowest BCUT2D eigenvalue weighted by molar-refractivity contribution is 0.310. The van der Waals surface area contributed by atoms with Crippen molar-refractivity contribution in [1.82, 2.24) is 9.97 Å². The minimum Gasteiger partial charge on any atom is -0.355 e. The molecule has 0 spiro atoms. The molecule has 0 unspecified atom stereocenters. The lowest BCUT2D eigenvalue weighted by Gasteiger charge is -2.35. The molecule has 0 radical (unpaired) electrons. The zero-order chi connectivity index (χ0) is 12.3. The molecule has 0 aliphatic carbocycles. The molecule has 94 valence electrons. The molecule has 1 aliphatic rings. The van der Waals surface area contributed by atoms with Crippen molar-refractivity contribution in [2.45, 2.75) is 33.2 Å². The number of anilines is 1. The van der Waals surface area contributed by atoms with Gasteiger partial charge in [-0.1, -0.05) is 13.8 Å². The first-order valence-corrected chi connectivity index (χ1v) is 6.47. The summed E-state index contributed by atoms with van der Waals surface area (Å²) in [6, 6.07) is 0.